The summed E-state index contributed by atoms with van der Waals surface area (Å²) in [4.78, 5) is 18.9. The first-order valence-corrected chi connectivity index (χ1v) is 10.1. The van der Waals surface area contributed by atoms with Gasteiger partial charge in [-0.25, -0.2) is 0 Å². The molecule has 1 fully saturated rings. The van der Waals surface area contributed by atoms with E-state index < -0.39 is 6.10 Å². The lowest BCUT2D eigenvalue weighted by atomic mass is 10.0. The lowest BCUT2D eigenvalue weighted by Crippen LogP contribution is -2.29. The lowest BCUT2D eigenvalue weighted by molar-refractivity contribution is 0.0765. The van der Waals surface area contributed by atoms with E-state index in [-0.39, 0.29) is 5.91 Å². The number of amides is 1. The number of β-amino-alcohol motifs (C(OH)–C–C–N with tert-alkyl or cyclic N) is 1. The number of carbonyl (C=O) groups is 1. The van der Waals surface area contributed by atoms with Gasteiger partial charge in [-0.2, -0.15) is 0 Å². The number of benzene rings is 2. The minimum atomic E-state index is -0.406. The van der Waals surface area contributed by atoms with Crippen LogP contribution in [0.1, 0.15) is 28.0 Å². The summed E-state index contributed by atoms with van der Waals surface area (Å²) in [5.41, 5.74) is 6.55. The molecular formula is C24H23ClN2O2. The SMILES string of the molecule is Cc1cc(Cl)c(-c2ccc(-c3ccc(C(=O)N4CCC(O)C4)cc3)cc2)nc1C. The van der Waals surface area contributed by atoms with E-state index in [0.717, 1.165) is 33.6 Å². The third-order valence-electron chi connectivity index (χ3n) is 5.49. The van der Waals surface area contributed by atoms with Gasteiger partial charge in [-0.05, 0) is 55.2 Å². The maximum absolute atomic E-state index is 12.5. The van der Waals surface area contributed by atoms with E-state index in [9.17, 15) is 9.90 Å². The number of hydrogen-bond donors (Lipinski definition) is 1. The fourth-order valence-corrected chi connectivity index (χ4v) is 3.92. The monoisotopic (exact) mass is 406 g/mol. The molecule has 1 aliphatic rings. The number of nitrogens with zero attached hydrogens (tertiary/aromatic N) is 2. The molecule has 29 heavy (non-hydrogen) atoms. The first-order valence-electron chi connectivity index (χ1n) is 9.74. The van der Waals surface area contributed by atoms with Crippen molar-refractivity contribution in [3.63, 3.8) is 0 Å². The molecule has 3 aromatic rings. The molecule has 2 heterocycles. The van der Waals surface area contributed by atoms with E-state index in [2.05, 4.69) is 4.98 Å². The molecule has 0 bridgehead atoms. The first-order chi connectivity index (χ1) is 13.9. The van der Waals surface area contributed by atoms with Crippen LogP contribution in [0, 0.1) is 13.8 Å². The molecule has 1 aliphatic heterocycles. The van der Waals surface area contributed by atoms with Crippen LogP contribution in [0.5, 0.6) is 0 Å². The minimum Gasteiger partial charge on any atom is -0.391 e. The number of hydrogen-bond acceptors (Lipinski definition) is 3. The Hall–Kier alpha value is -2.69. The summed E-state index contributed by atoms with van der Waals surface area (Å²) in [6, 6.07) is 17.7. The van der Waals surface area contributed by atoms with Crippen LogP contribution in [-0.2, 0) is 0 Å². The molecule has 148 valence electrons. The number of likely N-dealkylation sites (tertiary alicyclic amines) is 1. The Kier molecular flexibility index (Phi) is 5.39. The smallest absolute Gasteiger partial charge is 0.253 e. The van der Waals surface area contributed by atoms with Gasteiger partial charge in [0, 0.05) is 29.9 Å². The Balaban J connectivity index is 1.54. The van der Waals surface area contributed by atoms with Crippen molar-refractivity contribution in [3.05, 3.63) is 76.4 Å². The Morgan fingerprint density at radius 1 is 1.03 bits per heavy atom. The van der Waals surface area contributed by atoms with E-state index in [1.807, 2.05) is 68.4 Å². The van der Waals surface area contributed by atoms with Crippen LogP contribution in [0.15, 0.2) is 54.6 Å². The van der Waals surface area contributed by atoms with E-state index in [4.69, 9.17) is 11.6 Å². The van der Waals surface area contributed by atoms with Gasteiger partial charge in [0.2, 0.25) is 0 Å². The van der Waals surface area contributed by atoms with Gasteiger partial charge in [0.15, 0.2) is 0 Å². The van der Waals surface area contributed by atoms with Gasteiger partial charge in [0.25, 0.3) is 5.91 Å². The van der Waals surface area contributed by atoms with Crippen LogP contribution in [0.2, 0.25) is 5.02 Å². The molecule has 4 rings (SSSR count). The van der Waals surface area contributed by atoms with Crippen LogP contribution < -0.4 is 0 Å². The molecule has 1 unspecified atom stereocenters. The van der Waals surface area contributed by atoms with Crippen molar-refractivity contribution in [1.29, 1.82) is 0 Å². The lowest BCUT2D eigenvalue weighted by Gasteiger charge is -2.15. The standard InChI is InChI=1S/C24H23ClN2O2/c1-15-13-22(25)23(26-16(15)2)19-7-3-17(4-8-19)18-5-9-20(10-6-18)24(29)27-12-11-21(28)14-27/h3-10,13,21,28H,11-12,14H2,1-2H3. The Morgan fingerprint density at radius 2 is 1.62 bits per heavy atom. The highest BCUT2D eigenvalue weighted by Gasteiger charge is 2.25. The van der Waals surface area contributed by atoms with E-state index >= 15 is 0 Å². The maximum Gasteiger partial charge on any atom is 0.253 e. The fourth-order valence-electron chi connectivity index (χ4n) is 3.61. The summed E-state index contributed by atoms with van der Waals surface area (Å²) in [6.45, 7) is 5.01. The van der Waals surface area contributed by atoms with Crippen LogP contribution in [-0.4, -0.2) is 40.1 Å². The predicted molar refractivity (Wildman–Crippen MR) is 116 cm³/mol. The highest BCUT2D eigenvalue weighted by atomic mass is 35.5. The second kappa shape index (κ2) is 7.97. The van der Waals surface area contributed by atoms with Gasteiger partial charge in [0.05, 0.1) is 16.8 Å². The van der Waals surface area contributed by atoms with Crippen LogP contribution in [0.25, 0.3) is 22.4 Å². The van der Waals surface area contributed by atoms with Gasteiger partial charge in [-0.1, -0.05) is 48.0 Å². The molecule has 1 N–H and O–H groups in total. The van der Waals surface area contributed by atoms with Crippen molar-refractivity contribution >= 4 is 17.5 Å². The van der Waals surface area contributed by atoms with Crippen molar-refractivity contribution in [2.45, 2.75) is 26.4 Å². The average Bonchev–Trinajstić information content (AvgIpc) is 3.17. The van der Waals surface area contributed by atoms with Crippen molar-refractivity contribution in [3.8, 4) is 22.4 Å². The largest absolute Gasteiger partial charge is 0.391 e. The van der Waals surface area contributed by atoms with Gasteiger partial charge >= 0.3 is 0 Å². The highest BCUT2D eigenvalue weighted by Crippen LogP contribution is 2.30. The van der Waals surface area contributed by atoms with Gasteiger partial charge in [-0.15, -0.1) is 0 Å². The summed E-state index contributed by atoms with van der Waals surface area (Å²) in [5.74, 6) is -0.0288. The first kappa shape index (κ1) is 19.6. The Morgan fingerprint density at radius 3 is 2.21 bits per heavy atom. The summed E-state index contributed by atoms with van der Waals surface area (Å²) in [6.07, 6.45) is 0.243. The molecular weight excluding hydrogens is 384 g/mol. The van der Waals surface area contributed by atoms with E-state index in [1.165, 1.54) is 0 Å². The number of aliphatic hydroxyl groups is 1. The molecule has 0 radical (unpaired) electrons. The van der Waals surface area contributed by atoms with Crippen molar-refractivity contribution in [1.82, 2.24) is 9.88 Å². The minimum absolute atomic E-state index is 0.0288. The number of aromatic nitrogens is 1. The molecule has 0 spiro atoms. The summed E-state index contributed by atoms with van der Waals surface area (Å²) < 4.78 is 0. The van der Waals surface area contributed by atoms with Crippen molar-refractivity contribution in [2.75, 3.05) is 13.1 Å². The summed E-state index contributed by atoms with van der Waals surface area (Å²) >= 11 is 6.39. The number of carbonyl (C=O) groups excluding carboxylic acids is 1. The molecule has 0 aliphatic carbocycles. The van der Waals surface area contributed by atoms with E-state index in [0.29, 0.717) is 30.1 Å². The zero-order chi connectivity index (χ0) is 20.5. The number of aryl methyl sites for hydroxylation is 2. The number of pyridine rings is 1. The molecule has 1 amide bonds. The molecule has 0 saturated carbocycles. The third kappa shape index (κ3) is 4.04. The molecule has 1 aromatic heterocycles. The summed E-state index contributed by atoms with van der Waals surface area (Å²) in [7, 11) is 0. The fraction of sp³-hybridized carbons (Fsp3) is 0.250. The topological polar surface area (TPSA) is 53.4 Å². The molecule has 4 nitrogen and oxygen atoms in total. The number of halogens is 1. The molecule has 5 heteroatoms. The predicted octanol–water partition coefficient (Wildman–Crippen LogP) is 4.89. The Bertz CT molecular complexity index is 1050. The number of aliphatic hydroxyl groups excluding tert-OH is 1. The average molecular weight is 407 g/mol. The van der Waals surface area contributed by atoms with Crippen molar-refractivity contribution in [2.24, 2.45) is 0 Å². The van der Waals surface area contributed by atoms with E-state index in [1.54, 1.807) is 4.90 Å². The number of rotatable bonds is 3. The quantitative estimate of drug-likeness (QED) is 0.673. The van der Waals surface area contributed by atoms with Gasteiger partial charge in [0.1, 0.15) is 0 Å². The normalized spacial score (nSPS) is 16.3. The molecule has 1 saturated heterocycles. The van der Waals surface area contributed by atoms with Crippen LogP contribution >= 0.6 is 11.6 Å². The van der Waals surface area contributed by atoms with Gasteiger partial charge < -0.3 is 10.0 Å². The highest BCUT2D eigenvalue weighted by molar-refractivity contribution is 6.33. The Labute approximate surface area is 175 Å². The zero-order valence-electron chi connectivity index (χ0n) is 16.5. The second-order valence-electron chi connectivity index (χ2n) is 7.57. The zero-order valence-corrected chi connectivity index (χ0v) is 17.3. The molecule has 2 aromatic carbocycles. The van der Waals surface area contributed by atoms with Gasteiger partial charge in [-0.3, -0.25) is 9.78 Å². The second-order valence-corrected chi connectivity index (χ2v) is 7.98. The van der Waals surface area contributed by atoms with Crippen LogP contribution in [0.4, 0.5) is 0 Å². The third-order valence-corrected chi connectivity index (χ3v) is 5.78. The summed E-state index contributed by atoms with van der Waals surface area (Å²) in [5, 5.41) is 10.3. The van der Waals surface area contributed by atoms with Crippen molar-refractivity contribution < 1.29 is 9.90 Å². The maximum atomic E-state index is 12.5. The van der Waals surface area contributed by atoms with Crippen LogP contribution in [0.3, 0.4) is 0 Å². The molecule has 1 atom stereocenters.